The van der Waals surface area contributed by atoms with Crippen LogP contribution in [0, 0.1) is 14.9 Å². The Bertz CT molecular complexity index is 636. The molecule has 0 spiro atoms. The lowest BCUT2D eigenvalue weighted by atomic mass is 10.2. The van der Waals surface area contributed by atoms with E-state index in [1.54, 1.807) is 18.3 Å². The van der Waals surface area contributed by atoms with E-state index in [1.165, 1.54) is 0 Å². The van der Waals surface area contributed by atoms with Gasteiger partial charge < -0.3 is 10.6 Å². The van der Waals surface area contributed by atoms with Crippen LogP contribution in [0.5, 0.6) is 0 Å². The Morgan fingerprint density at radius 2 is 2.25 bits per heavy atom. The number of benzene rings is 1. The first-order chi connectivity index (χ1) is 9.72. The number of nitrogens with zero attached hydrogens (tertiary/aromatic N) is 3. The molecule has 0 aliphatic carbocycles. The SMILES string of the molecule is CCCNc1nc(Nc2cccc(C#N)c2)ncc1I. The lowest BCUT2D eigenvalue weighted by molar-refractivity contribution is 0.963. The van der Waals surface area contributed by atoms with Gasteiger partial charge in [0.15, 0.2) is 0 Å². The monoisotopic (exact) mass is 379 g/mol. The molecular weight excluding hydrogens is 365 g/mol. The fourth-order valence-corrected chi connectivity index (χ4v) is 2.04. The summed E-state index contributed by atoms with van der Waals surface area (Å²) >= 11 is 2.20. The van der Waals surface area contributed by atoms with Gasteiger partial charge in [-0.3, -0.25) is 0 Å². The molecule has 1 aromatic carbocycles. The maximum absolute atomic E-state index is 8.89. The molecule has 6 heteroatoms. The Labute approximate surface area is 131 Å². The molecule has 5 nitrogen and oxygen atoms in total. The molecule has 2 aromatic rings. The summed E-state index contributed by atoms with van der Waals surface area (Å²) in [6.45, 7) is 2.98. The number of anilines is 3. The highest BCUT2D eigenvalue weighted by molar-refractivity contribution is 14.1. The summed E-state index contributed by atoms with van der Waals surface area (Å²) in [6, 6.07) is 9.33. The average molecular weight is 379 g/mol. The molecule has 0 saturated carbocycles. The van der Waals surface area contributed by atoms with Gasteiger partial charge in [-0.15, -0.1) is 0 Å². The molecule has 0 aliphatic rings. The Balaban J connectivity index is 2.18. The Morgan fingerprint density at radius 3 is 3.00 bits per heavy atom. The van der Waals surface area contributed by atoms with Gasteiger partial charge in [0.2, 0.25) is 5.95 Å². The molecule has 0 fully saturated rings. The fraction of sp³-hybridized carbons (Fsp3) is 0.214. The summed E-state index contributed by atoms with van der Waals surface area (Å²) < 4.78 is 0.979. The second-order valence-electron chi connectivity index (χ2n) is 4.13. The number of nitrogens with one attached hydrogen (secondary N) is 2. The van der Waals surface area contributed by atoms with E-state index in [4.69, 9.17) is 5.26 Å². The number of aromatic nitrogens is 2. The predicted molar refractivity (Wildman–Crippen MR) is 88.0 cm³/mol. The van der Waals surface area contributed by atoms with E-state index >= 15 is 0 Å². The summed E-state index contributed by atoms with van der Waals surface area (Å²) in [4.78, 5) is 8.68. The molecule has 20 heavy (non-hydrogen) atoms. The fourth-order valence-electron chi connectivity index (χ4n) is 1.59. The van der Waals surface area contributed by atoms with Gasteiger partial charge in [0.25, 0.3) is 0 Å². The Hall–Kier alpha value is -1.88. The van der Waals surface area contributed by atoms with E-state index in [0.717, 1.165) is 28.0 Å². The topological polar surface area (TPSA) is 73.6 Å². The molecule has 102 valence electrons. The van der Waals surface area contributed by atoms with E-state index < -0.39 is 0 Å². The Morgan fingerprint density at radius 1 is 1.40 bits per heavy atom. The molecule has 0 radical (unpaired) electrons. The van der Waals surface area contributed by atoms with Crippen LogP contribution in [-0.2, 0) is 0 Å². The van der Waals surface area contributed by atoms with Crippen LogP contribution in [0.2, 0.25) is 0 Å². The van der Waals surface area contributed by atoms with Gasteiger partial charge in [-0.2, -0.15) is 10.2 Å². The summed E-state index contributed by atoms with van der Waals surface area (Å²) in [5.41, 5.74) is 1.40. The number of nitriles is 1. The molecule has 0 bridgehead atoms. The number of hydrogen-bond donors (Lipinski definition) is 2. The van der Waals surface area contributed by atoms with Gasteiger partial charge in [0.05, 0.1) is 15.2 Å². The Kier molecular flexibility index (Phi) is 5.12. The first-order valence-corrected chi connectivity index (χ1v) is 7.34. The maximum atomic E-state index is 8.89. The minimum atomic E-state index is 0.513. The van der Waals surface area contributed by atoms with Crippen molar-refractivity contribution < 1.29 is 0 Å². The highest BCUT2D eigenvalue weighted by Crippen LogP contribution is 2.19. The number of rotatable bonds is 5. The van der Waals surface area contributed by atoms with Gasteiger partial charge in [0.1, 0.15) is 5.82 Å². The van der Waals surface area contributed by atoms with E-state index in [-0.39, 0.29) is 0 Å². The molecular formula is C14H14IN5. The number of halogens is 1. The first-order valence-electron chi connectivity index (χ1n) is 6.26. The minimum Gasteiger partial charge on any atom is -0.369 e. The normalized spacial score (nSPS) is 9.85. The van der Waals surface area contributed by atoms with Gasteiger partial charge in [-0.1, -0.05) is 13.0 Å². The molecule has 2 N–H and O–H groups in total. The van der Waals surface area contributed by atoms with Crippen molar-refractivity contribution >= 4 is 40.0 Å². The molecule has 0 saturated heterocycles. The highest BCUT2D eigenvalue weighted by atomic mass is 127. The van der Waals surface area contributed by atoms with Crippen LogP contribution < -0.4 is 10.6 Å². The van der Waals surface area contributed by atoms with Crippen molar-refractivity contribution in [2.45, 2.75) is 13.3 Å². The zero-order valence-corrected chi connectivity index (χ0v) is 13.2. The smallest absolute Gasteiger partial charge is 0.229 e. The molecule has 1 heterocycles. The molecule has 0 amide bonds. The summed E-state index contributed by atoms with van der Waals surface area (Å²) in [5.74, 6) is 1.33. The maximum Gasteiger partial charge on any atom is 0.229 e. The standard InChI is InChI=1S/C14H14IN5/c1-2-6-17-13-12(15)9-18-14(20-13)19-11-5-3-4-10(7-11)8-16/h3-5,7,9H,2,6H2,1H3,(H2,17,18,19,20). The van der Waals surface area contributed by atoms with E-state index in [2.05, 4.69) is 56.2 Å². The third kappa shape index (κ3) is 3.81. The molecule has 0 unspecified atom stereocenters. The second kappa shape index (κ2) is 7.05. The predicted octanol–water partition coefficient (Wildman–Crippen LogP) is 3.52. The zero-order valence-electron chi connectivity index (χ0n) is 11.0. The van der Waals surface area contributed by atoms with Crippen molar-refractivity contribution in [1.82, 2.24) is 9.97 Å². The summed E-state index contributed by atoms with van der Waals surface area (Å²) in [5, 5.41) is 15.3. The van der Waals surface area contributed by atoms with Crippen molar-refractivity contribution in [3.63, 3.8) is 0 Å². The van der Waals surface area contributed by atoms with Gasteiger partial charge in [0, 0.05) is 18.4 Å². The second-order valence-corrected chi connectivity index (χ2v) is 5.30. The van der Waals surface area contributed by atoms with Crippen LogP contribution in [0.15, 0.2) is 30.5 Å². The lowest BCUT2D eigenvalue weighted by Gasteiger charge is -2.09. The van der Waals surface area contributed by atoms with Crippen molar-refractivity contribution in [3.8, 4) is 6.07 Å². The third-order valence-corrected chi connectivity index (χ3v) is 3.32. The van der Waals surface area contributed by atoms with Gasteiger partial charge >= 0.3 is 0 Å². The van der Waals surface area contributed by atoms with E-state index in [1.807, 2.05) is 12.1 Å². The van der Waals surface area contributed by atoms with Crippen molar-refractivity contribution in [1.29, 1.82) is 5.26 Å². The first kappa shape index (κ1) is 14.5. The van der Waals surface area contributed by atoms with Crippen molar-refractivity contribution in [3.05, 3.63) is 39.6 Å². The molecule has 0 atom stereocenters. The van der Waals surface area contributed by atoms with Crippen molar-refractivity contribution in [2.75, 3.05) is 17.2 Å². The van der Waals surface area contributed by atoms with Crippen LogP contribution in [0.25, 0.3) is 0 Å². The average Bonchev–Trinajstić information content (AvgIpc) is 2.48. The van der Waals surface area contributed by atoms with Crippen LogP contribution in [0.4, 0.5) is 17.5 Å². The minimum absolute atomic E-state index is 0.513. The molecule has 1 aromatic heterocycles. The van der Waals surface area contributed by atoms with Crippen LogP contribution in [0.1, 0.15) is 18.9 Å². The van der Waals surface area contributed by atoms with Gasteiger partial charge in [-0.05, 0) is 47.2 Å². The van der Waals surface area contributed by atoms with Crippen molar-refractivity contribution in [2.24, 2.45) is 0 Å². The highest BCUT2D eigenvalue weighted by Gasteiger charge is 2.05. The molecule has 0 aliphatic heterocycles. The largest absolute Gasteiger partial charge is 0.369 e. The van der Waals surface area contributed by atoms with Gasteiger partial charge in [-0.25, -0.2) is 4.98 Å². The summed E-state index contributed by atoms with van der Waals surface area (Å²) in [7, 11) is 0. The van der Waals surface area contributed by atoms with E-state index in [0.29, 0.717) is 11.5 Å². The van der Waals surface area contributed by atoms with E-state index in [9.17, 15) is 0 Å². The summed E-state index contributed by atoms with van der Waals surface area (Å²) in [6.07, 6.45) is 2.80. The number of hydrogen-bond acceptors (Lipinski definition) is 5. The van der Waals surface area contributed by atoms with Crippen LogP contribution in [-0.4, -0.2) is 16.5 Å². The zero-order chi connectivity index (χ0) is 14.4. The van der Waals surface area contributed by atoms with Crippen LogP contribution in [0.3, 0.4) is 0 Å². The van der Waals surface area contributed by atoms with Crippen LogP contribution >= 0.6 is 22.6 Å². The lowest BCUT2D eigenvalue weighted by Crippen LogP contribution is -2.07. The molecule has 2 rings (SSSR count). The third-order valence-electron chi connectivity index (χ3n) is 2.53. The quantitative estimate of drug-likeness (QED) is 0.778.